The second-order valence-corrected chi connectivity index (χ2v) is 5.50. The van der Waals surface area contributed by atoms with Crippen LogP contribution in [0.4, 0.5) is 0 Å². The van der Waals surface area contributed by atoms with Gasteiger partial charge in [-0.2, -0.15) is 0 Å². The van der Waals surface area contributed by atoms with Gasteiger partial charge < -0.3 is 14.6 Å². The van der Waals surface area contributed by atoms with Crippen molar-refractivity contribution in [3.8, 4) is 5.75 Å². The van der Waals surface area contributed by atoms with Gasteiger partial charge in [0.05, 0.1) is 6.61 Å². The van der Waals surface area contributed by atoms with Crippen molar-refractivity contribution in [3.63, 3.8) is 0 Å². The molecule has 0 saturated carbocycles. The van der Waals surface area contributed by atoms with Gasteiger partial charge >= 0.3 is 5.97 Å². The molecule has 0 aromatic heterocycles. The number of carboxylic acid groups (broad SMARTS) is 1. The molecule has 0 unspecified atom stereocenters. The SMILES string of the molecule is CCO/C(=C\c1cc(C)c(OCc2ccccc2)c(C)c1)C(=O)O. The highest BCUT2D eigenvalue weighted by molar-refractivity contribution is 5.90. The first-order chi connectivity index (χ1) is 11.5. The van der Waals surface area contributed by atoms with Crippen LogP contribution in [-0.4, -0.2) is 17.7 Å². The lowest BCUT2D eigenvalue weighted by atomic mass is 10.0. The van der Waals surface area contributed by atoms with Gasteiger partial charge in [-0.3, -0.25) is 0 Å². The van der Waals surface area contributed by atoms with Crippen molar-refractivity contribution < 1.29 is 19.4 Å². The molecule has 4 heteroatoms. The maximum absolute atomic E-state index is 11.2. The summed E-state index contributed by atoms with van der Waals surface area (Å²) in [5.41, 5.74) is 3.80. The van der Waals surface area contributed by atoms with E-state index in [1.54, 1.807) is 6.92 Å². The molecule has 0 radical (unpaired) electrons. The average molecular weight is 326 g/mol. The third-order valence-electron chi connectivity index (χ3n) is 3.52. The highest BCUT2D eigenvalue weighted by Gasteiger charge is 2.11. The van der Waals surface area contributed by atoms with Crippen molar-refractivity contribution in [2.45, 2.75) is 27.4 Å². The molecule has 0 amide bonds. The second kappa shape index (κ2) is 8.20. The molecular weight excluding hydrogens is 304 g/mol. The Labute approximate surface area is 142 Å². The third kappa shape index (κ3) is 4.62. The predicted octanol–water partition coefficient (Wildman–Crippen LogP) is 4.34. The van der Waals surface area contributed by atoms with Crippen molar-refractivity contribution in [3.05, 3.63) is 70.5 Å². The van der Waals surface area contributed by atoms with Crippen LogP contribution < -0.4 is 4.74 Å². The molecule has 0 bridgehead atoms. The molecule has 0 atom stereocenters. The highest BCUT2D eigenvalue weighted by Crippen LogP contribution is 2.27. The van der Waals surface area contributed by atoms with Crippen LogP contribution in [0.1, 0.15) is 29.2 Å². The van der Waals surface area contributed by atoms with E-state index in [1.165, 1.54) is 6.08 Å². The van der Waals surface area contributed by atoms with Gasteiger partial charge in [-0.1, -0.05) is 30.3 Å². The molecule has 2 aromatic carbocycles. The Hall–Kier alpha value is -2.75. The summed E-state index contributed by atoms with van der Waals surface area (Å²) in [6, 6.07) is 13.8. The molecule has 126 valence electrons. The number of hydrogen-bond donors (Lipinski definition) is 1. The quantitative estimate of drug-likeness (QED) is 0.607. The Kier molecular flexibility index (Phi) is 6.01. The average Bonchev–Trinajstić information content (AvgIpc) is 2.54. The molecule has 0 heterocycles. The van der Waals surface area contributed by atoms with Crippen LogP contribution in [0, 0.1) is 13.8 Å². The smallest absolute Gasteiger partial charge is 0.371 e. The number of ether oxygens (including phenoxy) is 2. The van der Waals surface area contributed by atoms with E-state index in [2.05, 4.69) is 0 Å². The molecule has 2 rings (SSSR count). The zero-order valence-electron chi connectivity index (χ0n) is 14.2. The fourth-order valence-corrected chi connectivity index (χ4v) is 2.50. The van der Waals surface area contributed by atoms with Crippen molar-refractivity contribution in [1.29, 1.82) is 0 Å². The Morgan fingerprint density at radius 2 is 1.75 bits per heavy atom. The van der Waals surface area contributed by atoms with Crippen LogP contribution in [0.15, 0.2) is 48.2 Å². The summed E-state index contributed by atoms with van der Waals surface area (Å²) in [5.74, 6) is -0.310. The second-order valence-electron chi connectivity index (χ2n) is 5.50. The number of rotatable bonds is 7. The van der Waals surface area contributed by atoms with Crippen LogP contribution in [0.25, 0.3) is 6.08 Å². The van der Waals surface area contributed by atoms with Gasteiger partial charge in [-0.15, -0.1) is 0 Å². The van der Waals surface area contributed by atoms with E-state index < -0.39 is 5.97 Å². The molecule has 0 aliphatic rings. The van der Waals surface area contributed by atoms with E-state index in [4.69, 9.17) is 14.6 Å². The van der Waals surface area contributed by atoms with Crippen molar-refractivity contribution in [2.24, 2.45) is 0 Å². The van der Waals surface area contributed by atoms with Crippen LogP contribution in [0.2, 0.25) is 0 Å². The van der Waals surface area contributed by atoms with E-state index in [0.717, 1.165) is 28.0 Å². The number of aliphatic carboxylic acids is 1. The van der Waals surface area contributed by atoms with Gasteiger partial charge in [0.25, 0.3) is 0 Å². The van der Waals surface area contributed by atoms with E-state index in [9.17, 15) is 4.79 Å². The Morgan fingerprint density at radius 1 is 1.12 bits per heavy atom. The number of carbonyl (C=O) groups is 1. The summed E-state index contributed by atoms with van der Waals surface area (Å²) in [6.45, 7) is 6.47. The van der Waals surface area contributed by atoms with Crippen LogP contribution in [-0.2, 0) is 16.1 Å². The fourth-order valence-electron chi connectivity index (χ4n) is 2.50. The third-order valence-corrected chi connectivity index (χ3v) is 3.52. The number of carboxylic acids is 1. The van der Waals surface area contributed by atoms with Gasteiger partial charge in [0.15, 0.2) is 0 Å². The van der Waals surface area contributed by atoms with E-state index in [-0.39, 0.29) is 5.76 Å². The lowest BCUT2D eigenvalue weighted by molar-refractivity contribution is -0.136. The van der Waals surface area contributed by atoms with Crippen LogP contribution >= 0.6 is 0 Å². The molecular formula is C20H22O4. The normalized spacial score (nSPS) is 11.2. The molecule has 0 aliphatic heterocycles. The molecule has 1 N–H and O–H groups in total. The predicted molar refractivity (Wildman–Crippen MR) is 93.9 cm³/mol. The minimum atomic E-state index is -1.07. The lowest BCUT2D eigenvalue weighted by Gasteiger charge is -2.13. The first-order valence-corrected chi connectivity index (χ1v) is 7.87. The van der Waals surface area contributed by atoms with E-state index in [0.29, 0.717) is 13.2 Å². The largest absolute Gasteiger partial charge is 0.488 e. The first-order valence-electron chi connectivity index (χ1n) is 7.87. The maximum Gasteiger partial charge on any atom is 0.371 e. The van der Waals surface area contributed by atoms with E-state index in [1.807, 2.05) is 56.3 Å². The minimum absolute atomic E-state index is 0.0609. The van der Waals surface area contributed by atoms with Gasteiger partial charge in [-0.05, 0) is 61.2 Å². The lowest BCUT2D eigenvalue weighted by Crippen LogP contribution is -2.05. The molecule has 2 aromatic rings. The molecule has 0 spiro atoms. The van der Waals surface area contributed by atoms with E-state index >= 15 is 0 Å². The molecule has 0 aliphatic carbocycles. The summed E-state index contributed by atoms with van der Waals surface area (Å²) in [7, 11) is 0. The van der Waals surface area contributed by atoms with Crippen molar-refractivity contribution in [1.82, 2.24) is 0 Å². The van der Waals surface area contributed by atoms with Crippen molar-refractivity contribution in [2.75, 3.05) is 6.61 Å². The molecule has 4 nitrogen and oxygen atoms in total. The molecule has 0 saturated heterocycles. The topological polar surface area (TPSA) is 55.8 Å². The van der Waals surface area contributed by atoms with Gasteiger partial charge in [0, 0.05) is 0 Å². The van der Waals surface area contributed by atoms with Crippen LogP contribution in [0.5, 0.6) is 5.75 Å². The summed E-state index contributed by atoms with van der Waals surface area (Å²) >= 11 is 0. The molecule has 24 heavy (non-hydrogen) atoms. The van der Waals surface area contributed by atoms with Crippen molar-refractivity contribution >= 4 is 12.0 Å². The Balaban J connectivity index is 2.21. The van der Waals surface area contributed by atoms with Gasteiger partial charge in [0.2, 0.25) is 5.76 Å². The number of aryl methyl sites for hydroxylation is 2. The summed E-state index contributed by atoms with van der Waals surface area (Å²) in [5, 5.41) is 9.15. The standard InChI is InChI=1S/C20H22O4/c1-4-23-18(20(21)22)12-17-10-14(2)19(15(3)11-17)24-13-16-8-6-5-7-9-16/h5-12H,4,13H2,1-3H3,(H,21,22)/b18-12-. The highest BCUT2D eigenvalue weighted by atomic mass is 16.5. The number of benzene rings is 2. The summed E-state index contributed by atoms with van der Waals surface area (Å²) < 4.78 is 11.1. The zero-order chi connectivity index (χ0) is 17.5. The van der Waals surface area contributed by atoms with Crippen LogP contribution in [0.3, 0.4) is 0 Å². The monoisotopic (exact) mass is 326 g/mol. The fraction of sp³-hybridized carbons (Fsp3) is 0.250. The van der Waals surface area contributed by atoms with Gasteiger partial charge in [-0.25, -0.2) is 4.79 Å². The maximum atomic E-state index is 11.2. The minimum Gasteiger partial charge on any atom is -0.488 e. The first kappa shape index (κ1) is 17.6. The molecule has 0 fully saturated rings. The number of hydrogen-bond acceptors (Lipinski definition) is 3. The Bertz CT molecular complexity index is 710. The van der Waals surface area contributed by atoms with Gasteiger partial charge in [0.1, 0.15) is 12.4 Å². The summed E-state index contributed by atoms with van der Waals surface area (Å²) in [4.78, 5) is 11.2. The summed E-state index contributed by atoms with van der Waals surface area (Å²) in [6.07, 6.45) is 1.53. The Morgan fingerprint density at radius 3 is 2.29 bits per heavy atom. The zero-order valence-corrected chi connectivity index (χ0v) is 14.2.